The van der Waals surface area contributed by atoms with E-state index >= 15 is 0 Å². The molecule has 0 aliphatic rings. The zero-order valence-electron chi connectivity index (χ0n) is 7.40. The van der Waals surface area contributed by atoms with E-state index < -0.39 is 11.8 Å². The third-order valence-electron chi connectivity index (χ3n) is 1.38. The third-order valence-corrected chi connectivity index (χ3v) is 1.38. The zero-order valence-corrected chi connectivity index (χ0v) is 7.40. The highest BCUT2D eigenvalue weighted by Crippen LogP contribution is 2.21. The first-order chi connectivity index (χ1) is 5.88. The van der Waals surface area contributed by atoms with Crippen LogP contribution in [0.25, 0.3) is 0 Å². The first-order valence-corrected chi connectivity index (χ1v) is 3.59. The van der Waals surface area contributed by atoms with E-state index in [1.54, 1.807) is 6.07 Å². The Morgan fingerprint density at radius 1 is 1.69 bits per heavy atom. The number of hydrogen-bond donors (Lipinski definition) is 1. The molecular weight excluding hydrogens is 178 g/mol. The number of amides is 1. The van der Waals surface area contributed by atoms with E-state index in [1.165, 1.54) is 0 Å². The summed E-state index contributed by atoms with van der Waals surface area (Å²) in [6, 6.07) is 1.66. The Bertz CT molecular complexity index is 260. The van der Waals surface area contributed by atoms with Gasteiger partial charge in [0.25, 0.3) is 5.92 Å². The molecule has 3 nitrogen and oxygen atoms in total. The van der Waals surface area contributed by atoms with Crippen LogP contribution < -0.4 is 5.32 Å². The number of allylic oxidation sites excluding steroid dienone is 1. The summed E-state index contributed by atoms with van der Waals surface area (Å²) in [4.78, 5) is 10.8. The molecule has 13 heavy (non-hydrogen) atoms. The second kappa shape index (κ2) is 4.55. The number of nitrogens with zero attached hydrogens (tertiary/aromatic N) is 1. The van der Waals surface area contributed by atoms with Crippen LogP contribution in [-0.2, 0) is 4.79 Å². The Morgan fingerprint density at radius 3 is 2.62 bits per heavy atom. The van der Waals surface area contributed by atoms with Gasteiger partial charge in [-0.25, -0.2) is 8.78 Å². The summed E-state index contributed by atoms with van der Waals surface area (Å²) in [6.07, 6.45) is 0.789. The van der Waals surface area contributed by atoms with Crippen molar-refractivity contribution in [2.75, 3.05) is 6.54 Å². The topological polar surface area (TPSA) is 52.9 Å². The van der Waals surface area contributed by atoms with Crippen molar-refractivity contribution in [1.29, 1.82) is 5.26 Å². The van der Waals surface area contributed by atoms with Crippen molar-refractivity contribution in [2.45, 2.75) is 19.8 Å². The van der Waals surface area contributed by atoms with Crippen molar-refractivity contribution in [3.05, 3.63) is 11.6 Å². The predicted molar refractivity (Wildman–Crippen MR) is 43.0 cm³/mol. The lowest BCUT2D eigenvalue weighted by Gasteiger charge is -2.09. The Balaban J connectivity index is 4.25. The fraction of sp³-hybridized carbons (Fsp3) is 0.500. The van der Waals surface area contributed by atoms with Crippen LogP contribution in [0.1, 0.15) is 13.8 Å². The van der Waals surface area contributed by atoms with Gasteiger partial charge in [-0.05, 0) is 6.92 Å². The Labute approximate surface area is 75.0 Å². The molecule has 0 atom stereocenters. The van der Waals surface area contributed by atoms with Gasteiger partial charge < -0.3 is 5.32 Å². The second-order valence-electron chi connectivity index (χ2n) is 2.59. The lowest BCUT2D eigenvalue weighted by Crippen LogP contribution is -2.23. The summed E-state index contributed by atoms with van der Waals surface area (Å²) in [5, 5.41) is 10.2. The van der Waals surface area contributed by atoms with E-state index in [-0.39, 0.29) is 12.1 Å². The Hall–Kier alpha value is -1.44. The van der Waals surface area contributed by atoms with Gasteiger partial charge in [-0.1, -0.05) is 0 Å². The maximum Gasteiger partial charge on any atom is 0.266 e. The van der Waals surface area contributed by atoms with Crippen molar-refractivity contribution >= 4 is 5.91 Å². The molecule has 0 saturated carbocycles. The van der Waals surface area contributed by atoms with Crippen LogP contribution in [0.15, 0.2) is 11.6 Å². The minimum absolute atomic E-state index is 0.183. The first-order valence-electron chi connectivity index (χ1n) is 3.59. The maximum absolute atomic E-state index is 12.5. The van der Waals surface area contributed by atoms with Gasteiger partial charge in [0, 0.05) is 18.6 Å². The van der Waals surface area contributed by atoms with Gasteiger partial charge in [0.05, 0.1) is 6.07 Å². The molecule has 0 fully saturated rings. The van der Waals surface area contributed by atoms with Crippen molar-refractivity contribution in [2.24, 2.45) is 0 Å². The van der Waals surface area contributed by atoms with Gasteiger partial charge in [0.15, 0.2) is 0 Å². The molecule has 0 aromatic heterocycles. The quantitative estimate of drug-likeness (QED) is 0.535. The molecule has 72 valence electrons. The van der Waals surface area contributed by atoms with Crippen molar-refractivity contribution < 1.29 is 13.6 Å². The number of alkyl halides is 2. The zero-order chi connectivity index (χ0) is 10.5. The van der Waals surface area contributed by atoms with Crippen LogP contribution >= 0.6 is 0 Å². The summed E-state index contributed by atoms with van der Waals surface area (Å²) in [7, 11) is 0. The molecule has 0 unspecified atom stereocenters. The van der Waals surface area contributed by atoms with Gasteiger partial charge in [-0.15, -0.1) is 0 Å². The van der Waals surface area contributed by atoms with E-state index in [4.69, 9.17) is 5.26 Å². The van der Waals surface area contributed by atoms with Crippen molar-refractivity contribution in [1.82, 2.24) is 5.32 Å². The molecule has 0 bridgehead atoms. The number of rotatable bonds is 3. The Morgan fingerprint density at radius 2 is 2.23 bits per heavy atom. The van der Waals surface area contributed by atoms with Crippen LogP contribution in [-0.4, -0.2) is 18.4 Å². The number of halogens is 2. The van der Waals surface area contributed by atoms with E-state index in [9.17, 15) is 13.6 Å². The summed E-state index contributed by atoms with van der Waals surface area (Å²) in [6.45, 7) is 1.68. The fourth-order valence-corrected chi connectivity index (χ4v) is 0.501. The fourth-order valence-electron chi connectivity index (χ4n) is 0.501. The summed E-state index contributed by atoms with van der Waals surface area (Å²) < 4.78 is 25.0. The van der Waals surface area contributed by atoms with Gasteiger partial charge >= 0.3 is 0 Å². The molecule has 0 aromatic rings. The van der Waals surface area contributed by atoms with E-state index in [0.717, 1.165) is 13.0 Å². The highest BCUT2D eigenvalue weighted by Gasteiger charge is 2.24. The Kier molecular flexibility index (Phi) is 4.05. The van der Waals surface area contributed by atoms with Gasteiger partial charge in [-0.3, -0.25) is 4.79 Å². The second-order valence-corrected chi connectivity index (χ2v) is 2.59. The lowest BCUT2D eigenvalue weighted by atomic mass is 10.1. The summed E-state index contributed by atoms with van der Waals surface area (Å²) in [5.74, 6) is -3.68. The third kappa shape index (κ3) is 4.90. The molecule has 1 amide bonds. The van der Waals surface area contributed by atoms with Gasteiger partial charge in [0.1, 0.15) is 6.54 Å². The van der Waals surface area contributed by atoms with Crippen LogP contribution in [0.3, 0.4) is 0 Å². The lowest BCUT2D eigenvalue weighted by molar-refractivity contribution is -0.116. The molecule has 0 saturated heterocycles. The highest BCUT2D eigenvalue weighted by atomic mass is 19.3. The molecule has 0 aliphatic carbocycles. The van der Waals surface area contributed by atoms with E-state index in [2.05, 4.69) is 5.32 Å². The van der Waals surface area contributed by atoms with Crippen LogP contribution in [0.2, 0.25) is 0 Å². The predicted octanol–water partition coefficient (Wildman–Crippen LogP) is 1.23. The minimum atomic E-state index is -3.00. The molecule has 0 heterocycles. The smallest absolute Gasteiger partial charge is 0.266 e. The number of carbonyl (C=O) groups is 1. The monoisotopic (exact) mass is 188 g/mol. The van der Waals surface area contributed by atoms with Crippen LogP contribution in [0.4, 0.5) is 8.78 Å². The van der Waals surface area contributed by atoms with E-state index in [1.807, 2.05) is 0 Å². The molecule has 0 radical (unpaired) electrons. The minimum Gasteiger partial charge on any atom is -0.339 e. The van der Waals surface area contributed by atoms with Crippen LogP contribution in [0, 0.1) is 11.3 Å². The van der Waals surface area contributed by atoms with Crippen LogP contribution in [0.5, 0.6) is 0 Å². The van der Waals surface area contributed by atoms with Crippen molar-refractivity contribution in [3.63, 3.8) is 0 Å². The highest BCUT2D eigenvalue weighted by molar-refractivity contribution is 5.88. The normalized spacial score (nSPS) is 12.1. The van der Waals surface area contributed by atoms with Gasteiger partial charge in [0.2, 0.25) is 5.91 Å². The average Bonchev–Trinajstić information content (AvgIpc) is 1.99. The number of carbonyl (C=O) groups excluding carboxylic acids is 1. The number of nitrogens with one attached hydrogen (secondary N) is 1. The first kappa shape index (κ1) is 11.6. The SMILES string of the molecule is C/C(=C\C(=O)NCC#N)C(C)(F)F. The van der Waals surface area contributed by atoms with Crippen molar-refractivity contribution in [3.8, 4) is 6.07 Å². The van der Waals surface area contributed by atoms with E-state index in [0.29, 0.717) is 6.92 Å². The summed E-state index contributed by atoms with van der Waals surface area (Å²) in [5.41, 5.74) is -0.331. The molecule has 5 heteroatoms. The van der Waals surface area contributed by atoms with Gasteiger partial charge in [-0.2, -0.15) is 5.26 Å². The molecule has 0 spiro atoms. The number of hydrogen-bond acceptors (Lipinski definition) is 2. The molecule has 0 aliphatic heterocycles. The molecule has 0 aromatic carbocycles. The standard InChI is InChI=1S/C8H10F2N2O/c1-6(8(2,9)10)5-7(13)12-4-3-11/h5H,4H2,1-2H3,(H,12,13)/b6-5+. The molecule has 1 N–H and O–H groups in total. The molecular formula is C8H10F2N2O. The maximum atomic E-state index is 12.5. The average molecular weight is 188 g/mol. The largest absolute Gasteiger partial charge is 0.339 e. The number of nitriles is 1. The summed E-state index contributed by atoms with van der Waals surface area (Å²) >= 11 is 0. The molecule has 0 rings (SSSR count).